The molecule has 0 aromatic rings. The molecule has 0 aliphatic carbocycles. The standard InChI is InChI=1S/C16H24N2O6S/c1-4-6-23-15(21)17-9-14(20)13-8-12(25-11(3)19)10-18(13)16(22)24-7-5-2/h4-5,12-14,20H,1-2,6-10H2,3H3,(H,17,21)/t12-,13-,14?/m0/s1. The van der Waals surface area contributed by atoms with Crippen LogP contribution in [0.5, 0.6) is 0 Å². The Morgan fingerprint density at radius 3 is 2.56 bits per heavy atom. The van der Waals surface area contributed by atoms with Gasteiger partial charge in [-0.25, -0.2) is 9.59 Å². The van der Waals surface area contributed by atoms with E-state index in [0.717, 1.165) is 11.8 Å². The lowest BCUT2D eigenvalue weighted by molar-refractivity contribution is -0.109. The minimum Gasteiger partial charge on any atom is -0.445 e. The molecule has 0 spiro atoms. The van der Waals surface area contributed by atoms with Gasteiger partial charge in [0.2, 0.25) is 0 Å². The molecular formula is C16H24N2O6S. The van der Waals surface area contributed by atoms with Crippen LogP contribution in [0, 0.1) is 0 Å². The van der Waals surface area contributed by atoms with E-state index in [0.29, 0.717) is 6.42 Å². The molecule has 1 heterocycles. The quantitative estimate of drug-likeness (QED) is 0.619. The molecule has 1 rings (SSSR count). The van der Waals surface area contributed by atoms with E-state index in [1.165, 1.54) is 24.0 Å². The van der Waals surface area contributed by atoms with Crippen LogP contribution >= 0.6 is 11.8 Å². The van der Waals surface area contributed by atoms with Crippen LogP contribution in [0.15, 0.2) is 25.3 Å². The Labute approximate surface area is 151 Å². The Morgan fingerprint density at radius 2 is 1.96 bits per heavy atom. The summed E-state index contributed by atoms with van der Waals surface area (Å²) >= 11 is 1.12. The second-order valence-electron chi connectivity index (χ2n) is 5.39. The summed E-state index contributed by atoms with van der Waals surface area (Å²) in [6, 6.07) is -0.575. The maximum atomic E-state index is 12.2. The van der Waals surface area contributed by atoms with Crippen molar-refractivity contribution < 1.29 is 29.0 Å². The normalized spacial score (nSPS) is 20.5. The van der Waals surface area contributed by atoms with Crippen molar-refractivity contribution >= 4 is 29.1 Å². The molecular weight excluding hydrogens is 348 g/mol. The molecule has 0 bridgehead atoms. The van der Waals surface area contributed by atoms with Crippen molar-refractivity contribution in [2.45, 2.75) is 30.7 Å². The number of hydrogen-bond donors (Lipinski definition) is 2. The van der Waals surface area contributed by atoms with Crippen molar-refractivity contribution in [3.05, 3.63) is 25.3 Å². The SMILES string of the molecule is C=CCOC(=O)NCC(O)[C@@H]1C[C@H](SC(C)=O)CN1C(=O)OCC=C. The molecule has 8 nitrogen and oxygen atoms in total. The van der Waals surface area contributed by atoms with E-state index in [4.69, 9.17) is 9.47 Å². The van der Waals surface area contributed by atoms with Gasteiger partial charge in [-0.3, -0.25) is 4.79 Å². The monoisotopic (exact) mass is 372 g/mol. The predicted molar refractivity (Wildman–Crippen MR) is 94.3 cm³/mol. The first kappa shape index (κ1) is 21.0. The third-order valence-corrected chi connectivity index (χ3v) is 4.44. The summed E-state index contributed by atoms with van der Waals surface area (Å²) in [4.78, 5) is 36.3. The van der Waals surface area contributed by atoms with Crippen molar-refractivity contribution in [1.29, 1.82) is 0 Å². The van der Waals surface area contributed by atoms with Gasteiger partial charge in [0, 0.05) is 25.3 Å². The van der Waals surface area contributed by atoms with Gasteiger partial charge >= 0.3 is 12.2 Å². The number of aliphatic hydroxyl groups is 1. The van der Waals surface area contributed by atoms with Crippen LogP contribution in [0.3, 0.4) is 0 Å². The van der Waals surface area contributed by atoms with Crippen molar-refractivity contribution in [2.75, 3.05) is 26.3 Å². The maximum Gasteiger partial charge on any atom is 0.410 e. The summed E-state index contributed by atoms with van der Waals surface area (Å²) in [5, 5.41) is 12.6. The lowest BCUT2D eigenvalue weighted by Gasteiger charge is -2.27. The van der Waals surface area contributed by atoms with Crippen LogP contribution in [0.4, 0.5) is 9.59 Å². The van der Waals surface area contributed by atoms with Gasteiger partial charge in [-0.05, 0) is 6.42 Å². The van der Waals surface area contributed by atoms with Gasteiger partial charge in [-0.15, -0.1) is 0 Å². The van der Waals surface area contributed by atoms with Gasteiger partial charge in [-0.1, -0.05) is 37.1 Å². The summed E-state index contributed by atoms with van der Waals surface area (Å²) in [6.07, 6.45) is 0.979. The van der Waals surface area contributed by atoms with Crippen LogP contribution < -0.4 is 5.32 Å². The number of carbonyl (C=O) groups excluding carboxylic acids is 3. The van der Waals surface area contributed by atoms with E-state index in [1.807, 2.05) is 0 Å². The van der Waals surface area contributed by atoms with E-state index in [2.05, 4.69) is 18.5 Å². The summed E-state index contributed by atoms with van der Waals surface area (Å²) < 4.78 is 9.79. The van der Waals surface area contributed by atoms with Gasteiger partial charge in [0.25, 0.3) is 0 Å². The molecule has 1 fully saturated rings. The van der Waals surface area contributed by atoms with Crippen molar-refractivity contribution in [3.63, 3.8) is 0 Å². The lowest BCUT2D eigenvalue weighted by Crippen LogP contribution is -2.47. The molecule has 1 aliphatic rings. The Morgan fingerprint density at radius 1 is 1.32 bits per heavy atom. The fourth-order valence-electron chi connectivity index (χ4n) is 2.44. The zero-order valence-electron chi connectivity index (χ0n) is 14.2. The number of nitrogens with zero attached hydrogens (tertiary/aromatic N) is 1. The van der Waals surface area contributed by atoms with Gasteiger partial charge in [0.05, 0.1) is 12.1 Å². The minimum absolute atomic E-state index is 0.0504. The minimum atomic E-state index is -1.02. The lowest BCUT2D eigenvalue weighted by atomic mass is 10.1. The molecule has 1 saturated heterocycles. The highest BCUT2D eigenvalue weighted by Gasteiger charge is 2.40. The number of amides is 2. The molecule has 2 amide bonds. The number of thioether (sulfide) groups is 1. The smallest absolute Gasteiger partial charge is 0.410 e. The molecule has 0 radical (unpaired) electrons. The Balaban J connectivity index is 2.67. The van der Waals surface area contributed by atoms with E-state index < -0.39 is 24.3 Å². The molecule has 3 atom stereocenters. The molecule has 1 aliphatic heterocycles. The van der Waals surface area contributed by atoms with Crippen LogP contribution in [0.25, 0.3) is 0 Å². The van der Waals surface area contributed by atoms with Crippen molar-refractivity contribution in [1.82, 2.24) is 10.2 Å². The average molecular weight is 372 g/mol. The number of rotatable bonds is 8. The molecule has 0 saturated carbocycles. The summed E-state index contributed by atoms with van der Waals surface area (Å²) in [5.41, 5.74) is 0. The first-order valence-corrected chi connectivity index (χ1v) is 8.68. The molecule has 25 heavy (non-hydrogen) atoms. The second-order valence-corrected chi connectivity index (χ2v) is 6.87. The highest BCUT2D eigenvalue weighted by Crippen LogP contribution is 2.30. The van der Waals surface area contributed by atoms with Gasteiger partial charge in [0.1, 0.15) is 13.2 Å². The zero-order chi connectivity index (χ0) is 18.8. The third-order valence-electron chi connectivity index (χ3n) is 3.43. The number of carbonyl (C=O) groups is 3. The summed E-state index contributed by atoms with van der Waals surface area (Å²) in [5.74, 6) is 0. The van der Waals surface area contributed by atoms with Crippen molar-refractivity contribution in [2.24, 2.45) is 0 Å². The van der Waals surface area contributed by atoms with Gasteiger partial charge < -0.3 is 24.8 Å². The van der Waals surface area contributed by atoms with E-state index in [1.54, 1.807) is 0 Å². The van der Waals surface area contributed by atoms with Crippen LogP contribution in [0.2, 0.25) is 0 Å². The third kappa shape index (κ3) is 7.18. The van der Waals surface area contributed by atoms with Gasteiger partial charge in [0.15, 0.2) is 5.12 Å². The molecule has 9 heteroatoms. The highest BCUT2D eigenvalue weighted by molar-refractivity contribution is 8.14. The summed E-state index contributed by atoms with van der Waals surface area (Å²) in [6.45, 7) is 8.65. The fraction of sp³-hybridized carbons (Fsp3) is 0.562. The van der Waals surface area contributed by atoms with E-state index in [-0.39, 0.29) is 36.7 Å². The number of likely N-dealkylation sites (tertiary alicyclic amines) is 1. The molecule has 1 unspecified atom stereocenters. The number of alkyl carbamates (subject to hydrolysis) is 1. The first-order chi connectivity index (χ1) is 11.9. The van der Waals surface area contributed by atoms with Crippen molar-refractivity contribution in [3.8, 4) is 0 Å². The Kier molecular flexibility index (Phi) is 9.07. The fourth-order valence-corrected chi connectivity index (χ4v) is 3.44. The molecule has 2 N–H and O–H groups in total. The highest BCUT2D eigenvalue weighted by atomic mass is 32.2. The number of aliphatic hydroxyl groups excluding tert-OH is 1. The van der Waals surface area contributed by atoms with Crippen LogP contribution in [0.1, 0.15) is 13.3 Å². The zero-order valence-corrected chi connectivity index (χ0v) is 15.0. The molecule has 140 valence electrons. The summed E-state index contributed by atoms with van der Waals surface area (Å²) in [7, 11) is 0. The first-order valence-electron chi connectivity index (χ1n) is 7.80. The largest absolute Gasteiger partial charge is 0.445 e. The van der Waals surface area contributed by atoms with E-state index >= 15 is 0 Å². The van der Waals surface area contributed by atoms with Gasteiger partial charge in [-0.2, -0.15) is 0 Å². The number of hydrogen-bond acceptors (Lipinski definition) is 7. The Bertz CT molecular complexity index is 513. The topological polar surface area (TPSA) is 105 Å². The average Bonchev–Trinajstić information content (AvgIpc) is 2.98. The predicted octanol–water partition coefficient (Wildman–Crippen LogP) is 1.30. The van der Waals surface area contributed by atoms with Crippen LogP contribution in [-0.4, -0.2) is 71.0 Å². The number of ether oxygens (including phenoxy) is 2. The number of nitrogens with one attached hydrogen (secondary N) is 1. The van der Waals surface area contributed by atoms with E-state index in [9.17, 15) is 19.5 Å². The Hall–Kier alpha value is -2.00. The molecule has 0 aromatic carbocycles. The molecule has 0 aromatic heterocycles. The van der Waals surface area contributed by atoms with Crippen LogP contribution in [-0.2, 0) is 14.3 Å². The second kappa shape index (κ2) is 10.8. The maximum absolute atomic E-state index is 12.2.